The summed E-state index contributed by atoms with van der Waals surface area (Å²) in [5.41, 5.74) is 1.22. The van der Waals surface area contributed by atoms with Crippen molar-refractivity contribution in [3.8, 4) is 5.75 Å². The SMILES string of the molecule is O=C(Cc1cccc(OC(F)(F)F)c1)N(Cc1ccc(F)cc1)C1CCN(CCC2OCCCO2)CC1. The minimum atomic E-state index is -4.81. The number of hydrogen-bond acceptors (Lipinski definition) is 5. The topological polar surface area (TPSA) is 51.2 Å². The maximum Gasteiger partial charge on any atom is 0.573 e. The predicted molar refractivity (Wildman–Crippen MR) is 128 cm³/mol. The highest BCUT2D eigenvalue weighted by Crippen LogP contribution is 2.25. The van der Waals surface area contributed by atoms with E-state index in [1.165, 1.54) is 30.3 Å². The minimum absolute atomic E-state index is 0.0365. The van der Waals surface area contributed by atoms with E-state index < -0.39 is 6.36 Å². The molecule has 10 heteroatoms. The van der Waals surface area contributed by atoms with Crippen molar-refractivity contribution in [2.75, 3.05) is 32.8 Å². The summed E-state index contributed by atoms with van der Waals surface area (Å²) in [7, 11) is 0. The van der Waals surface area contributed by atoms with E-state index >= 15 is 0 Å². The molecule has 0 atom stereocenters. The summed E-state index contributed by atoms with van der Waals surface area (Å²) in [5.74, 6) is -0.916. The van der Waals surface area contributed by atoms with Crippen LogP contribution in [0.1, 0.15) is 36.8 Å². The van der Waals surface area contributed by atoms with Crippen molar-refractivity contribution >= 4 is 5.91 Å². The summed E-state index contributed by atoms with van der Waals surface area (Å²) in [5, 5.41) is 0. The zero-order chi connectivity index (χ0) is 26.3. The molecule has 1 amide bonds. The number of carbonyl (C=O) groups is 1. The average Bonchev–Trinajstić information content (AvgIpc) is 2.87. The van der Waals surface area contributed by atoms with Gasteiger partial charge in [-0.15, -0.1) is 13.2 Å². The number of rotatable bonds is 9. The lowest BCUT2D eigenvalue weighted by molar-refractivity contribution is -0.274. The number of benzene rings is 2. The molecule has 0 N–H and O–H groups in total. The zero-order valence-electron chi connectivity index (χ0n) is 20.6. The van der Waals surface area contributed by atoms with Crippen LogP contribution in [-0.4, -0.2) is 67.2 Å². The van der Waals surface area contributed by atoms with Gasteiger partial charge < -0.3 is 24.0 Å². The Kier molecular flexibility index (Phi) is 9.39. The Bertz CT molecular complexity index is 1000. The van der Waals surface area contributed by atoms with E-state index in [1.807, 2.05) is 0 Å². The minimum Gasteiger partial charge on any atom is -0.406 e. The van der Waals surface area contributed by atoms with Gasteiger partial charge in [0.05, 0.1) is 19.6 Å². The number of halogens is 4. The van der Waals surface area contributed by atoms with Crippen LogP contribution in [-0.2, 0) is 27.2 Å². The van der Waals surface area contributed by atoms with Crippen molar-refractivity contribution in [2.45, 2.75) is 57.3 Å². The van der Waals surface area contributed by atoms with Crippen molar-refractivity contribution < 1.29 is 36.6 Å². The van der Waals surface area contributed by atoms with Crippen LogP contribution in [0.3, 0.4) is 0 Å². The largest absolute Gasteiger partial charge is 0.573 e. The van der Waals surface area contributed by atoms with Gasteiger partial charge in [0.15, 0.2) is 6.29 Å². The molecule has 0 unspecified atom stereocenters. The molecule has 0 saturated carbocycles. The standard InChI is InChI=1S/C27H32F4N2O4/c28-22-7-5-20(6-8-22)19-33(25(34)18-21-3-1-4-24(17-21)37-27(29,30)31)23-9-12-32(13-10-23)14-11-26-35-15-2-16-36-26/h1,3-8,17,23,26H,2,9-16,18-19H2. The van der Waals surface area contributed by atoms with Crippen LogP contribution in [0.4, 0.5) is 17.6 Å². The number of nitrogens with zero attached hydrogens (tertiary/aromatic N) is 2. The van der Waals surface area contributed by atoms with Gasteiger partial charge in [0.25, 0.3) is 0 Å². The number of likely N-dealkylation sites (tertiary alicyclic amines) is 1. The molecule has 0 aromatic heterocycles. The molecule has 4 rings (SSSR count). The molecule has 2 fully saturated rings. The van der Waals surface area contributed by atoms with Gasteiger partial charge in [0, 0.05) is 38.6 Å². The fourth-order valence-electron chi connectivity index (χ4n) is 4.78. The van der Waals surface area contributed by atoms with Gasteiger partial charge in [-0.2, -0.15) is 0 Å². The van der Waals surface area contributed by atoms with Crippen molar-refractivity contribution in [3.05, 3.63) is 65.5 Å². The summed E-state index contributed by atoms with van der Waals surface area (Å²) < 4.78 is 66.6. The Morgan fingerprint density at radius 2 is 1.73 bits per heavy atom. The maximum atomic E-state index is 13.4. The monoisotopic (exact) mass is 524 g/mol. The molecule has 2 aliphatic rings. The molecule has 37 heavy (non-hydrogen) atoms. The molecule has 2 aromatic rings. The van der Waals surface area contributed by atoms with Crippen LogP contribution in [0.5, 0.6) is 5.75 Å². The molecular weight excluding hydrogens is 492 g/mol. The van der Waals surface area contributed by atoms with E-state index in [2.05, 4.69) is 9.64 Å². The molecule has 0 radical (unpaired) electrons. The number of ether oxygens (including phenoxy) is 3. The molecule has 202 valence electrons. The lowest BCUT2D eigenvalue weighted by Crippen LogP contribution is -2.48. The predicted octanol–water partition coefficient (Wildman–Crippen LogP) is 4.91. The van der Waals surface area contributed by atoms with Gasteiger partial charge in [-0.1, -0.05) is 24.3 Å². The number of alkyl halides is 3. The van der Waals surface area contributed by atoms with Crippen LogP contribution in [0.15, 0.2) is 48.5 Å². The first kappa shape index (κ1) is 27.3. The summed E-state index contributed by atoms with van der Waals surface area (Å²) in [6.07, 6.45) is -1.81. The van der Waals surface area contributed by atoms with E-state index in [0.29, 0.717) is 12.1 Å². The normalized spacial score (nSPS) is 18.1. The first-order valence-corrected chi connectivity index (χ1v) is 12.6. The maximum absolute atomic E-state index is 13.4. The summed E-state index contributed by atoms with van der Waals surface area (Å²) in [6, 6.07) is 11.4. The molecule has 2 aromatic carbocycles. The first-order chi connectivity index (χ1) is 17.7. The Morgan fingerprint density at radius 3 is 2.41 bits per heavy atom. The molecule has 0 aliphatic carbocycles. The third-order valence-electron chi connectivity index (χ3n) is 6.65. The highest BCUT2D eigenvalue weighted by atomic mass is 19.4. The number of hydrogen-bond donors (Lipinski definition) is 0. The Hall–Kier alpha value is -2.69. The average molecular weight is 525 g/mol. The molecule has 6 nitrogen and oxygen atoms in total. The first-order valence-electron chi connectivity index (χ1n) is 12.6. The van der Waals surface area contributed by atoms with Gasteiger partial charge >= 0.3 is 6.36 Å². The fraction of sp³-hybridized carbons (Fsp3) is 0.519. The molecule has 0 spiro atoms. The van der Waals surface area contributed by atoms with Gasteiger partial charge in [0.2, 0.25) is 5.91 Å². The summed E-state index contributed by atoms with van der Waals surface area (Å²) in [6.45, 7) is 4.19. The van der Waals surface area contributed by atoms with Gasteiger partial charge in [-0.25, -0.2) is 4.39 Å². The molecular formula is C27H32F4N2O4. The van der Waals surface area contributed by atoms with Crippen LogP contribution < -0.4 is 4.74 Å². The Morgan fingerprint density at radius 1 is 1.03 bits per heavy atom. The smallest absolute Gasteiger partial charge is 0.406 e. The van der Waals surface area contributed by atoms with E-state index in [0.717, 1.165) is 64.1 Å². The second kappa shape index (κ2) is 12.7. The van der Waals surface area contributed by atoms with Gasteiger partial charge in [-0.3, -0.25) is 4.79 Å². The van der Waals surface area contributed by atoms with Crippen molar-refractivity contribution in [1.29, 1.82) is 0 Å². The third-order valence-corrected chi connectivity index (χ3v) is 6.65. The van der Waals surface area contributed by atoms with Crippen molar-refractivity contribution in [2.24, 2.45) is 0 Å². The van der Waals surface area contributed by atoms with Crippen LogP contribution >= 0.6 is 0 Å². The number of piperidine rings is 1. The lowest BCUT2D eigenvalue weighted by atomic mass is 10.0. The van der Waals surface area contributed by atoms with Crippen LogP contribution in [0.25, 0.3) is 0 Å². The third kappa shape index (κ3) is 8.69. The van der Waals surface area contributed by atoms with Gasteiger partial charge in [-0.05, 0) is 54.7 Å². The van der Waals surface area contributed by atoms with E-state index in [9.17, 15) is 22.4 Å². The van der Waals surface area contributed by atoms with Crippen molar-refractivity contribution in [1.82, 2.24) is 9.80 Å². The molecule has 2 aliphatic heterocycles. The second-order valence-corrected chi connectivity index (χ2v) is 9.41. The summed E-state index contributed by atoms with van der Waals surface area (Å²) >= 11 is 0. The highest BCUT2D eigenvalue weighted by molar-refractivity contribution is 5.79. The quantitative estimate of drug-likeness (QED) is 0.437. The Labute approximate surface area is 214 Å². The van der Waals surface area contributed by atoms with Crippen molar-refractivity contribution in [3.63, 3.8) is 0 Å². The Balaban J connectivity index is 1.39. The fourth-order valence-corrected chi connectivity index (χ4v) is 4.78. The molecule has 0 bridgehead atoms. The van der Waals surface area contributed by atoms with Crippen LogP contribution in [0.2, 0.25) is 0 Å². The van der Waals surface area contributed by atoms with E-state index in [1.54, 1.807) is 23.1 Å². The zero-order valence-corrected chi connectivity index (χ0v) is 20.6. The van der Waals surface area contributed by atoms with Gasteiger partial charge in [0.1, 0.15) is 11.6 Å². The lowest BCUT2D eigenvalue weighted by Gasteiger charge is -2.39. The number of carbonyl (C=O) groups excluding carboxylic acids is 1. The molecule has 2 saturated heterocycles. The number of amides is 1. The second-order valence-electron chi connectivity index (χ2n) is 9.41. The molecule has 2 heterocycles. The van der Waals surface area contributed by atoms with E-state index in [-0.39, 0.29) is 36.2 Å². The van der Waals surface area contributed by atoms with Crippen LogP contribution in [0, 0.1) is 5.82 Å². The van der Waals surface area contributed by atoms with E-state index in [4.69, 9.17) is 9.47 Å². The summed E-state index contributed by atoms with van der Waals surface area (Å²) in [4.78, 5) is 17.5. The highest BCUT2D eigenvalue weighted by Gasteiger charge is 2.32.